The second kappa shape index (κ2) is 5.88. The highest BCUT2D eigenvalue weighted by molar-refractivity contribution is 7.89. The van der Waals surface area contributed by atoms with Gasteiger partial charge in [-0.2, -0.15) is 4.31 Å². The van der Waals surface area contributed by atoms with Gasteiger partial charge in [-0.15, -0.1) is 11.6 Å². The third kappa shape index (κ3) is 2.93. The zero-order valence-corrected chi connectivity index (χ0v) is 11.7. The van der Waals surface area contributed by atoms with E-state index in [9.17, 15) is 21.6 Å². The van der Waals surface area contributed by atoms with Gasteiger partial charge in [-0.1, -0.05) is 0 Å². The average molecular weight is 330 g/mol. The van der Waals surface area contributed by atoms with E-state index in [2.05, 4.69) is 0 Å². The van der Waals surface area contributed by atoms with Gasteiger partial charge < -0.3 is 4.74 Å². The van der Waals surface area contributed by atoms with Crippen LogP contribution in [0.15, 0.2) is 17.0 Å². The van der Waals surface area contributed by atoms with E-state index in [0.29, 0.717) is 12.1 Å². The highest BCUT2D eigenvalue weighted by Crippen LogP contribution is 2.25. The monoisotopic (exact) mass is 329 g/mol. The third-order valence-corrected chi connectivity index (χ3v) is 5.10. The van der Waals surface area contributed by atoms with Crippen molar-refractivity contribution in [2.45, 2.75) is 11.0 Å². The number of nitrogens with zero attached hydrogens (tertiary/aromatic N) is 1. The Hall–Kier alpha value is -0.830. The van der Waals surface area contributed by atoms with Crippen LogP contribution in [0.3, 0.4) is 0 Å². The second-order valence-corrected chi connectivity index (χ2v) is 6.39. The summed E-state index contributed by atoms with van der Waals surface area (Å²) in [6.45, 7) is -0.0882. The maximum atomic E-state index is 13.6. The fourth-order valence-corrected chi connectivity index (χ4v) is 3.64. The Bertz CT molecular complexity index is 588. The molecule has 0 amide bonds. The molecule has 1 aromatic rings. The molecule has 112 valence electrons. The largest absolute Gasteiger partial charge is 0.374 e. The van der Waals surface area contributed by atoms with Gasteiger partial charge in [0, 0.05) is 31.1 Å². The Morgan fingerprint density at radius 1 is 1.30 bits per heavy atom. The molecule has 1 heterocycles. The Labute approximate surface area is 119 Å². The number of benzene rings is 1. The van der Waals surface area contributed by atoms with Gasteiger partial charge >= 0.3 is 0 Å². The molecule has 1 atom stereocenters. The van der Waals surface area contributed by atoms with E-state index in [-0.39, 0.29) is 25.6 Å². The lowest BCUT2D eigenvalue weighted by Crippen LogP contribution is -2.46. The second-order valence-electron chi connectivity index (χ2n) is 4.21. The van der Waals surface area contributed by atoms with E-state index in [4.69, 9.17) is 16.3 Å². The highest BCUT2D eigenvalue weighted by Gasteiger charge is 2.34. The molecule has 0 N–H and O–H groups in total. The van der Waals surface area contributed by atoms with Crippen LogP contribution in [-0.4, -0.2) is 44.4 Å². The fourth-order valence-electron chi connectivity index (χ4n) is 1.91. The number of halogens is 4. The van der Waals surface area contributed by atoms with Gasteiger partial charge in [0.1, 0.15) is 17.5 Å². The van der Waals surface area contributed by atoms with E-state index >= 15 is 0 Å². The van der Waals surface area contributed by atoms with Crippen LogP contribution in [0, 0.1) is 17.5 Å². The van der Waals surface area contributed by atoms with Crippen molar-refractivity contribution in [1.82, 2.24) is 4.31 Å². The van der Waals surface area contributed by atoms with Crippen LogP contribution < -0.4 is 0 Å². The van der Waals surface area contributed by atoms with Crippen LogP contribution in [0.25, 0.3) is 0 Å². The van der Waals surface area contributed by atoms with Crippen LogP contribution in [0.2, 0.25) is 0 Å². The van der Waals surface area contributed by atoms with Gasteiger partial charge in [-0.25, -0.2) is 21.6 Å². The molecule has 1 aromatic carbocycles. The predicted molar refractivity (Wildman–Crippen MR) is 65.5 cm³/mol. The Morgan fingerprint density at radius 2 is 1.90 bits per heavy atom. The zero-order valence-electron chi connectivity index (χ0n) is 10.2. The summed E-state index contributed by atoms with van der Waals surface area (Å²) in [6, 6.07) is 0.658. The van der Waals surface area contributed by atoms with E-state index < -0.39 is 38.5 Å². The summed E-state index contributed by atoms with van der Waals surface area (Å²) in [7, 11) is -4.41. The molecule has 1 aliphatic heterocycles. The molecule has 1 aliphatic rings. The minimum absolute atomic E-state index is 0.0496. The first-order valence-corrected chi connectivity index (χ1v) is 7.66. The zero-order chi connectivity index (χ0) is 14.9. The number of rotatable bonds is 3. The summed E-state index contributed by atoms with van der Waals surface area (Å²) in [5.41, 5.74) is 0. The molecular formula is C11H11ClF3NO3S. The van der Waals surface area contributed by atoms with Crippen LogP contribution in [0.1, 0.15) is 0 Å². The van der Waals surface area contributed by atoms with Crippen molar-refractivity contribution in [3.05, 3.63) is 29.6 Å². The normalized spacial score (nSPS) is 21.1. The number of morpholine rings is 1. The van der Waals surface area contributed by atoms with Gasteiger partial charge in [0.25, 0.3) is 0 Å². The first-order valence-electron chi connectivity index (χ1n) is 5.68. The SMILES string of the molecule is O=S(=O)(c1c(F)cc(F)cc1F)N1CCOC(CCl)C1. The maximum Gasteiger partial charge on any atom is 0.249 e. The van der Waals surface area contributed by atoms with Crippen molar-refractivity contribution < 1.29 is 26.3 Å². The number of hydrogen-bond donors (Lipinski definition) is 0. The number of hydrogen-bond acceptors (Lipinski definition) is 3. The van der Waals surface area contributed by atoms with Crippen LogP contribution in [0.5, 0.6) is 0 Å². The number of ether oxygens (including phenoxy) is 1. The third-order valence-electron chi connectivity index (χ3n) is 2.83. The van der Waals surface area contributed by atoms with Gasteiger partial charge in [-0.05, 0) is 0 Å². The molecule has 0 aliphatic carbocycles. The number of sulfonamides is 1. The number of alkyl halides is 1. The Balaban J connectivity index is 2.40. The molecule has 20 heavy (non-hydrogen) atoms. The Kier molecular flexibility index (Phi) is 4.58. The molecule has 0 radical (unpaired) electrons. The standard InChI is InChI=1S/C11H11ClF3NO3S/c12-5-8-6-16(1-2-19-8)20(17,18)11-9(14)3-7(13)4-10(11)15/h3-4,8H,1-2,5-6H2. The quantitative estimate of drug-likeness (QED) is 0.794. The molecule has 0 spiro atoms. The minimum atomic E-state index is -4.41. The van der Waals surface area contributed by atoms with Crippen LogP contribution >= 0.6 is 11.6 Å². The van der Waals surface area contributed by atoms with E-state index in [1.807, 2.05) is 0 Å². The van der Waals surface area contributed by atoms with E-state index in [1.54, 1.807) is 0 Å². The smallest absolute Gasteiger partial charge is 0.249 e. The van der Waals surface area contributed by atoms with Gasteiger partial charge in [0.05, 0.1) is 12.7 Å². The lowest BCUT2D eigenvalue weighted by atomic mass is 10.3. The van der Waals surface area contributed by atoms with Gasteiger partial charge in [0.15, 0.2) is 4.90 Å². The summed E-state index contributed by atoms with van der Waals surface area (Å²) in [4.78, 5) is -1.16. The van der Waals surface area contributed by atoms with Crippen molar-refractivity contribution in [3.8, 4) is 0 Å². The topological polar surface area (TPSA) is 46.6 Å². The van der Waals surface area contributed by atoms with Crippen molar-refractivity contribution >= 4 is 21.6 Å². The maximum absolute atomic E-state index is 13.6. The minimum Gasteiger partial charge on any atom is -0.374 e. The molecule has 0 aromatic heterocycles. The van der Waals surface area contributed by atoms with Crippen LogP contribution in [0.4, 0.5) is 13.2 Å². The van der Waals surface area contributed by atoms with Crippen molar-refractivity contribution in [1.29, 1.82) is 0 Å². The molecule has 9 heteroatoms. The Morgan fingerprint density at radius 3 is 2.45 bits per heavy atom. The molecule has 0 saturated carbocycles. The molecule has 4 nitrogen and oxygen atoms in total. The first kappa shape index (κ1) is 15.6. The summed E-state index contributed by atoms with van der Waals surface area (Å²) < 4.78 is 70.5. The summed E-state index contributed by atoms with van der Waals surface area (Å²) >= 11 is 5.58. The van der Waals surface area contributed by atoms with E-state index in [1.165, 1.54) is 0 Å². The first-order chi connectivity index (χ1) is 9.36. The van der Waals surface area contributed by atoms with Gasteiger partial charge in [-0.3, -0.25) is 0 Å². The lowest BCUT2D eigenvalue weighted by molar-refractivity contribution is 0.0121. The molecule has 1 saturated heterocycles. The molecule has 1 unspecified atom stereocenters. The summed E-state index contributed by atoms with van der Waals surface area (Å²) in [5, 5.41) is 0. The summed E-state index contributed by atoms with van der Waals surface area (Å²) in [5.74, 6) is -4.05. The lowest BCUT2D eigenvalue weighted by Gasteiger charge is -2.31. The van der Waals surface area contributed by atoms with Gasteiger partial charge in [0.2, 0.25) is 10.0 Å². The molecule has 0 bridgehead atoms. The van der Waals surface area contributed by atoms with Crippen molar-refractivity contribution in [2.24, 2.45) is 0 Å². The highest BCUT2D eigenvalue weighted by atomic mass is 35.5. The van der Waals surface area contributed by atoms with Crippen molar-refractivity contribution in [3.63, 3.8) is 0 Å². The average Bonchev–Trinajstić information content (AvgIpc) is 2.37. The fraction of sp³-hybridized carbons (Fsp3) is 0.455. The van der Waals surface area contributed by atoms with E-state index in [0.717, 1.165) is 4.31 Å². The molecule has 1 fully saturated rings. The summed E-state index contributed by atoms with van der Waals surface area (Å²) in [6.07, 6.45) is -0.549. The predicted octanol–water partition coefficient (Wildman–Crippen LogP) is 1.73. The molecular weight excluding hydrogens is 319 g/mol. The van der Waals surface area contributed by atoms with Crippen molar-refractivity contribution in [2.75, 3.05) is 25.6 Å². The van der Waals surface area contributed by atoms with Crippen LogP contribution in [-0.2, 0) is 14.8 Å². The molecule has 2 rings (SSSR count).